The Balaban J connectivity index is 2.63. The van der Waals surface area contributed by atoms with Crippen LogP contribution in [0, 0.1) is 10.1 Å². The number of hydrogen-bond donors (Lipinski definition) is 1. The van der Waals surface area contributed by atoms with E-state index in [-0.39, 0.29) is 11.6 Å². The van der Waals surface area contributed by atoms with Gasteiger partial charge in [0.05, 0.1) is 22.3 Å². The highest BCUT2D eigenvalue weighted by atomic mass is 16.6. The van der Waals surface area contributed by atoms with Crippen LogP contribution in [0.25, 0.3) is 11.1 Å². The molecule has 0 fully saturated rings. The average Bonchev–Trinajstić information content (AvgIpc) is 2.64. The predicted octanol–water partition coefficient (Wildman–Crippen LogP) is 2.56. The fraction of sp³-hybridized carbons (Fsp3) is 0. The van der Waals surface area contributed by atoms with E-state index < -0.39 is 4.92 Å². The van der Waals surface area contributed by atoms with Gasteiger partial charge < -0.3 is 9.52 Å². The Morgan fingerprint density at radius 2 is 1.93 bits per heavy atom. The number of nitro benzene ring substituents is 1. The van der Waals surface area contributed by atoms with Crippen LogP contribution >= 0.6 is 0 Å². The SMILES string of the molecule is O=[N+]([O-])c1ccccc1-c1ccoc1O. The lowest BCUT2D eigenvalue weighted by molar-refractivity contribution is -0.384. The Hall–Kier alpha value is -2.30. The van der Waals surface area contributed by atoms with Crippen LogP contribution in [0.2, 0.25) is 0 Å². The van der Waals surface area contributed by atoms with Crippen LogP contribution in [0.4, 0.5) is 5.69 Å². The molecule has 1 N–H and O–H groups in total. The minimum Gasteiger partial charge on any atom is -0.480 e. The molecule has 0 saturated heterocycles. The largest absolute Gasteiger partial charge is 0.480 e. The van der Waals surface area contributed by atoms with Gasteiger partial charge in [0.2, 0.25) is 0 Å². The van der Waals surface area contributed by atoms with Gasteiger partial charge in [0.15, 0.2) is 0 Å². The second-order valence-corrected chi connectivity index (χ2v) is 2.91. The quantitative estimate of drug-likeness (QED) is 0.603. The molecule has 0 bridgehead atoms. The number of nitrogens with zero attached hydrogens (tertiary/aromatic N) is 1. The maximum Gasteiger partial charge on any atom is 0.290 e. The molecular formula is C10H7NO4. The lowest BCUT2D eigenvalue weighted by Crippen LogP contribution is -1.90. The molecule has 2 rings (SSSR count). The predicted molar refractivity (Wildman–Crippen MR) is 52.5 cm³/mol. The van der Waals surface area contributed by atoms with Crippen molar-refractivity contribution >= 4 is 5.69 Å². The van der Waals surface area contributed by atoms with Crippen LogP contribution in [0.1, 0.15) is 0 Å². The van der Waals surface area contributed by atoms with Crippen molar-refractivity contribution in [3.63, 3.8) is 0 Å². The molecule has 5 nitrogen and oxygen atoms in total. The average molecular weight is 205 g/mol. The fourth-order valence-corrected chi connectivity index (χ4v) is 1.37. The Bertz CT molecular complexity index is 504. The van der Waals surface area contributed by atoms with E-state index in [2.05, 4.69) is 4.42 Å². The van der Waals surface area contributed by atoms with Gasteiger partial charge in [-0.2, -0.15) is 0 Å². The van der Waals surface area contributed by atoms with Gasteiger partial charge in [-0.3, -0.25) is 10.1 Å². The van der Waals surface area contributed by atoms with Crippen molar-refractivity contribution in [2.75, 3.05) is 0 Å². The molecule has 1 aromatic heterocycles. The Labute approximate surface area is 84.7 Å². The zero-order valence-electron chi connectivity index (χ0n) is 7.58. The summed E-state index contributed by atoms with van der Waals surface area (Å²) in [6.45, 7) is 0. The second-order valence-electron chi connectivity index (χ2n) is 2.91. The molecule has 15 heavy (non-hydrogen) atoms. The summed E-state index contributed by atoms with van der Waals surface area (Å²) in [5.41, 5.74) is 0.602. The zero-order chi connectivity index (χ0) is 10.8. The van der Waals surface area contributed by atoms with E-state index in [1.54, 1.807) is 18.2 Å². The standard InChI is InChI=1S/C10H7NO4/c12-10-8(5-6-15-10)7-3-1-2-4-9(7)11(13)14/h1-6,12H. The van der Waals surface area contributed by atoms with Crippen molar-refractivity contribution in [2.24, 2.45) is 0 Å². The van der Waals surface area contributed by atoms with Gasteiger partial charge in [0.25, 0.3) is 11.6 Å². The molecule has 1 aromatic carbocycles. The van der Waals surface area contributed by atoms with E-state index in [4.69, 9.17) is 0 Å². The maximum atomic E-state index is 10.7. The molecule has 5 heteroatoms. The lowest BCUT2D eigenvalue weighted by Gasteiger charge is -1.99. The molecule has 0 atom stereocenters. The van der Waals surface area contributed by atoms with Gasteiger partial charge in [0, 0.05) is 6.07 Å². The molecule has 0 saturated carbocycles. The van der Waals surface area contributed by atoms with Gasteiger partial charge in [0.1, 0.15) is 0 Å². The highest BCUT2D eigenvalue weighted by Gasteiger charge is 2.18. The van der Waals surface area contributed by atoms with E-state index in [1.165, 1.54) is 18.4 Å². The number of para-hydroxylation sites is 1. The molecule has 0 unspecified atom stereocenters. The Morgan fingerprint density at radius 1 is 1.20 bits per heavy atom. The first-order chi connectivity index (χ1) is 7.20. The summed E-state index contributed by atoms with van der Waals surface area (Å²) < 4.78 is 4.69. The molecule has 0 amide bonds. The monoisotopic (exact) mass is 205 g/mol. The second kappa shape index (κ2) is 3.45. The van der Waals surface area contributed by atoms with Crippen LogP contribution in [0.15, 0.2) is 41.0 Å². The van der Waals surface area contributed by atoms with Crippen molar-refractivity contribution in [2.45, 2.75) is 0 Å². The van der Waals surface area contributed by atoms with Crippen molar-refractivity contribution < 1.29 is 14.4 Å². The summed E-state index contributed by atoms with van der Waals surface area (Å²) >= 11 is 0. The third kappa shape index (κ3) is 1.54. The van der Waals surface area contributed by atoms with Crippen molar-refractivity contribution in [1.29, 1.82) is 0 Å². The minimum absolute atomic E-state index is 0.0609. The van der Waals surface area contributed by atoms with E-state index in [0.29, 0.717) is 11.1 Å². The number of hydrogen-bond acceptors (Lipinski definition) is 4. The van der Waals surface area contributed by atoms with E-state index in [0.717, 1.165) is 0 Å². The minimum atomic E-state index is -0.498. The normalized spacial score (nSPS) is 10.1. The van der Waals surface area contributed by atoms with Crippen LogP contribution in [-0.2, 0) is 0 Å². The molecule has 0 spiro atoms. The third-order valence-corrected chi connectivity index (χ3v) is 2.04. The molecule has 0 aliphatic heterocycles. The summed E-state index contributed by atoms with van der Waals surface area (Å²) in [5.74, 6) is -0.315. The first kappa shape index (κ1) is 9.26. The van der Waals surface area contributed by atoms with Crippen molar-refractivity contribution in [3.05, 3.63) is 46.7 Å². The topological polar surface area (TPSA) is 76.5 Å². The first-order valence-corrected chi connectivity index (χ1v) is 4.20. The fourth-order valence-electron chi connectivity index (χ4n) is 1.37. The number of nitro groups is 1. The van der Waals surface area contributed by atoms with Crippen LogP contribution in [0.3, 0.4) is 0 Å². The number of rotatable bonds is 2. The maximum absolute atomic E-state index is 10.7. The molecule has 1 heterocycles. The van der Waals surface area contributed by atoms with Crippen LogP contribution in [0.5, 0.6) is 5.95 Å². The van der Waals surface area contributed by atoms with Gasteiger partial charge in [-0.25, -0.2) is 0 Å². The van der Waals surface area contributed by atoms with E-state index in [9.17, 15) is 15.2 Å². The van der Waals surface area contributed by atoms with E-state index in [1.807, 2.05) is 0 Å². The van der Waals surface area contributed by atoms with Gasteiger partial charge in [-0.1, -0.05) is 12.1 Å². The molecular weight excluding hydrogens is 198 g/mol. The number of aromatic hydroxyl groups is 1. The van der Waals surface area contributed by atoms with Crippen molar-refractivity contribution in [3.8, 4) is 17.1 Å². The molecule has 0 radical (unpaired) electrons. The Kier molecular flexibility index (Phi) is 2.13. The van der Waals surface area contributed by atoms with E-state index >= 15 is 0 Å². The Morgan fingerprint density at radius 3 is 2.53 bits per heavy atom. The highest BCUT2D eigenvalue weighted by Crippen LogP contribution is 2.35. The van der Waals surface area contributed by atoms with Gasteiger partial charge in [-0.15, -0.1) is 0 Å². The summed E-state index contributed by atoms with van der Waals surface area (Å²) in [5, 5.41) is 20.0. The smallest absolute Gasteiger partial charge is 0.290 e. The summed E-state index contributed by atoms with van der Waals surface area (Å²) in [6.07, 6.45) is 1.28. The van der Waals surface area contributed by atoms with Crippen molar-refractivity contribution in [1.82, 2.24) is 0 Å². The summed E-state index contributed by atoms with van der Waals surface area (Å²) in [7, 11) is 0. The number of furan rings is 1. The summed E-state index contributed by atoms with van der Waals surface area (Å²) in [6, 6.07) is 7.65. The highest BCUT2D eigenvalue weighted by molar-refractivity contribution is 5.76. The zero-order valence-corrected chi connectivity index (χ0v) is 7.58. The number of benzene rings is 1. The first-order valence-electron chi connectivity index (χ1n) is 4.20. The lowest BCUT2D eigenvalue weighted by atomic mass is 10.1. The summed E-state index contributed by atoms with van der Waals surface area (Å²) in [4.78, 5) is 10.2. The molecule has 2 aromatic rings. The van der Waals surface area contributed by atoms with Gasteiger partial charge in [-0.05, 0) is 12.1 Å². The molecule has 0 aliphatic carbocycles. The third-order valence-electron chi connectivity index (χ3n) is 2.04. The van der Waals surface area contributed by atoms with Crippen LogP contribution in [-0.4, -0.2) is 10.0 Å². The molecule has 76 valence electrons. The van der Waals surface area contributed by atoms with Crippen LogP contribution < -0.4 is 0 Å². The van der Waals surface area contributed by atoms with Gasteiger partial charge >= 0.3 is 0 Å². The molecule has 0 aliphatic rings.